The lowest BCUT2D eigenvalue weighted by Gasteiger charge is -2.26. The number of unbranched alkanes of at least 4 members (excludes halogenated alkanes) is 6. The van der Waals surface area contributed by atoms with Crippen molar-refractivity contribution in [3.8, 4) is 0 Å². The van der Waals surface area contributed by atoms with Gasteiger partial charge in [0.1, 0.15) is 0 Å². The molecule has 0 radical (unpaired) electrons. The van der Waals surface area contributed by atoms with Gasteiger partial charge in [-0.15, -0.1) is 0 Å². The van der Waals surface area contributed by atoms with Crippen molar-refractivity contribution in [2.75, 3.05) is 23.8 Å². The van der Waals surface area contributed by atoms with Crippen molar-refractivity contribution in [3.05, 3.63) is 24.3 Å². The predicted octanol–water partition coefficient (Wildman–Crippen LogP) is 4.92. The third-order valence-corrected chi connectivity index (χ3v) is 4.62. The molecule has 0 heterocycles. The Hall–Kier alpha value is -1.82. The Balaban J connectivity index is 2.53. The van der Waals surface area contributed by atoms with Gasteiger partial charge >= 0.3 is 0 Å². The highest BCUT2D eigenvalue weighted by Gasteiger charge is 2.09. The number of carbonyl (C=O) groups is 1. The van der Waals surface area contributed by atoms with Crippen LogP contribution < -0.4 is 16.2 Å². The quantitative estimate of drug-likeness (QED) is 0.186. The number of hydrogen-bond acceptors (Lipinski definition) is 3. The molecule has 1 aromatic rings. The molecule has 26 heavy (non-hydrogen) atoms. The Kier molecular flexibility index (Phi) is 12.3. The van der Waals surface area contributed by atoms with E-state index < -0.39 is 0 Å². The minimum atomic E-state index is 0.607. The van der Waals surface area contributed by atoms with Crippen LogP contribution in [0.25, 0.3) is 0 Å². The first-order chi connectivity index (χ1) is 12.7. The fourth-order valence-electron chi connectivity index (χ4n) is 2.73. The minimum absolute atomic E-state index is 0.607. The van der Waals surface area contributed by atoms with Crippen molar-refractivity contribution >= 4 is 35.1 Å². The standard InChI is InChI=1S/C20H34N4OS/c1-3-5-7-9-15-24(16-10-8-6-4-2)20(26)22-18-11-13-19(14-12-18)23-21-17-25/h11-14,17,23H,3-10,15-16H2,1-2H3,(H,21,25)(H,22,26). The molecule has 1 amide bonds. The van der Waals surface area contributed by atoms with Gasteiger partial charge in [-0.05, 0) is 49.3 Å². The second-order valence-electron chi connectivity index (χ2n) is 6.50. The lowest BCUT2D eigenvalue weighted by atomic mass is 10.2. The van der Waals surface area contributed by atoms with E-state index >= 15 is 0 Å². The van der Waals surface area contributed by atoms with Crippen LogP contribution >= 0.6 is 12.2 Å². The molecular weight excluding hydrogens is 344 g/mol. The molecule has 0 unspecified atom stereocenters. The van der Waals surface area contributed by atoms with E-state index in [1.165, 1.54) is 51.4 Å². The molecule has 0 bridgehead atoms. The van der Waals surface area contributed by atoms with Gasteiger partial charge in [0.2, 0.25) is 6.41 Å². The van der Waals surface area contributed by atoms with Crippen LogP contribution in [0, 0.1) is 0 Å². The summed E-state index contributed by atoms with van der Waals surface area (Å²) in [6.45, 7) is 6.50. The average molecular weight is 379 g/mol. The van der Waals surface area contributed by atoms with Crippen LogP contribution in [0.15, 0.2) is 24.3 Å². The van der Waals surface area contributed by atoms with Gasteiger partial charge in [0.15, 0.2) is 5.11 Å². The second kappa shape index (κ2) is 14.4. The summed E-state index contributed by atoms with van der Waals surface area (Å²) in [7, 11) is 0. The van der Waals surface area contributed by atoms with Gasteiger partial charge in [0.05, 0.1) is 5.69 Å². The van der Waals surface area contributed by atoms with Gasteiger partial charge in [-0.2, -0.15) is 0 Å². The summed E-state index contributed by atoms with van der Waals surface area (Å²) >= 11 is 5.66. The highest BCUT2D eigenvalue weighted by atomic mass is 32.1. The van der Waals surface area contributed by atoms with Crippen LogP contribution in [0.4, 0.5) is 11.4 Å². The smallest absolute Gasteiger partial charge is 0.225 e. The van der Waals surface area contributed by atoms with Crippen LogP contribution in [0.5, 0.6) is 0 Å². The van der Waals surface area contributed by atoms with Crippen molar-refractivity contribution in [3.63, 3.8) is 0 Å². The molecule has 0 aliphatic heterocycles. The molecule has 0 saturated carbocycles. The fraction of sp³-hybridized carbons (Fsp3) is 0.600. The molecule has 0 fully saturated rings. The van der Waals surface area contributed by atoms with Gasteiger partial charge in [-0.3, -0.25) is 15.6 Å². The number of thiocarbonyl (C=S) groups is 1. The Labute approximate surface area is 163 Å². The summed E-state index contributed by atoms with van der Waals surface area (Å²) in [5.74, 6) is 0. The monoisotopic (exact) mass is 378 g/mol. The molecule has 1 aromatic carbocycles. The summed E-state index contributed by atoms with van der Waals surface area (Å²) in [5, 5.41) is 4.14. The van der Waals surface area contributed by atoms with Crippen molar-refractivity contribution in [1.82, 2.24) is 10.3 Å². The second-order valence-corrected chi connectivity index (χ2v) is 6.89. The largest absolute Gasteiger partial charge is 0.349 e. The maximum Gasteiger partial charge on any atom is 0.225 e. The number of anilines is 2. The maximum atomic E-state index is 10.3. The van der Waals surface area contributed by atoms with Crippen LogP contribution in [-0.4, -0.2) is 29.5 Å². The third-order valence-electron chi connectivity index (χ3n) is 4.26. The molecule has 3 N–H and O–H groups in total. The van der Waals surface area contributed by atoms with Crippen molar-refractivity contribution in [1.29, 1.82) is 0 Å². The van der Waals surface area contributed by atoms with Crippen LogP contribution in [0.3, 0.4) is 0 Å². The van der Waals surface area contributed by atoms with Crippen LogP contribution in [0.2, 0.25) is 0 Å². The van der Waals surface area contributed by atoms with E-state index in [9.17, 15) is 4.79 Å². The van der Waals surface area contributed by atoms with E-state index in [-0.39, 0.29) is 0 Å². The fourth-order valence-corrected chi connectivity index (χ4v) is 3.03. The first-order valence-corrected chi connectivity index (χ1v) is 10.2. The highest BCUT2D eigenvalue weighted by Crippen LogP contribution is 2.14. The van der Waals surface area contributed by atoms with Gasteiger partial charge in [0, 0.05) is 18.8 Å². The number of hydrazine groups is 1. The van der Waals surface area contributed by atoms with E-state index in [1.807, 2.05) is 24.3 Å². The molecule has 0 aliphatic carbocycles. The molecule has 1 rings (SSSR count). The molecular formula is C20H34N4OS. The lowest BCUT2D eigenvalue weighted by molar-refractivity contribution is -0.109. The van der Waals surface area contributed by atoms with Crippen molar-refractivity contribution in [2.24, 2.45) is 0 Å². The molecule has 146 valence electrons. The van der Waals surface area contributed by atoms with E-state index in [0.717, 1.165) is 29.6 Å². The summed E-state index contributed by atoms with van der Waals surface area (Å²) in [4.78, 5) is 12.6. The summed E-state index contributed by atoms with van der Waals surface area (Å²) in [6.07, 6.45) is 10.6. The lowest BCUT2D eigenvalue weighted by Crippen LogP contribution is -2.36. The first kappa shape index (κ1) is 22.2. The highest BCUT2D eigenvalue weighted by molar-refractivity contribution is 7.80. The molecule has 0 aromatic heterocycles. The first-order valence-electron chi connectivity index (χ1n) is 9.82. The number of carbonyl (C=O) groups excluding carboxylic acids is 1. The number of rotatable bonds is 14. The van der Waals surface area contributed by atoms with Gasteiger partial charge < -0.3 is 10.2 Å². The zero-order chi connectivity index (χ0) is 19.0. The number of nitrogens with zero attached hydrogens (tertiary/aromatic N) is 1. The topological polar surface area (TPSA) is 56.4 Å². The Bertz CT molecular complexity index is 495. The zero-order valence-corrected chi connectivity index (χ0v) is 17.0. The van der Waals surface area contributed by atoms with Crippen LogP contribution in [-0.2, 0) is 4.79 Å². The third kappa shape index (κ3) is 9.61. The Morgan fingerprint density at radius 2 is 1.46 bits per heavy atom. The Morgan fingerprint density at radius 1 is 0.923 bits per heavy atom. The summed E-state index contributed by atoms with van der Waals surface area (Å²) in [6, 6.07) is 7.70. The van der Waals surface area contributed by atoms with E-state index in [1.54, 1.807) is 0 Å². The van der Waals surface area contributed by atoms with Crippen molar-refractivity contribution < 1.29 is 4.79 Å². The van der Waals surface area contributed by atoms with Crippen LogP contribution in [0.1, 0.15) is 65.2 Å². The summed E-state index contributed by atoms with van der Waals surface area (Å²) < 4.78 is 0. The SMILES string of the molecule is CCCCCCN(CCCCCC)C(=S)Nc1ccc(NNC=O)cc1. The molecule has 0 atom stereocenters. The molecule has 0 spiro atoms. The van der Waals surface area contributed by atoms with E-state index in [4.69, 9.17) is 12.2 Å². The number of hydrogen-bond donors (Lipinski definition) is 3. The van der Waals surface area contributed by atoms with Gasteiger partial charge in [-0.1, -0.05) is 52.4 Å². The predicted molar refractivity (Wildman–Crippen MR) is 115 cm³/mol. The number of benzene rings is 1. The van der Waals surface area contributed by atoms with Gasteiger partial charge in [0.25, 0.3) is 0 Å². The molecule has 6 heteroatoms. The van der Waals surface area contributed by atoms with E-state index in [0.29, 0.717) is 6.41 Å². The summed E-state index contributed by atoms with van der Waals surface area (Å²) in [5.41, 5.74) is 6.99. The van der Waals surface area contributed by atoms with Gasteiger partial charge in [-0.25, -0.2) is 0 Å². The average Bonchev–Trinajstić information content (AvgIpc) is 2.66. The van der Waals surface area contributed by atoms with Crippen molar-refractivity contribution in [2.45, 2.75) is 65.2 Å². The molecule has 5 nitrogen and oxygen atoms in total. The molecule has 0 aliphatic rings. The maximum absolute atomic E-state index is 10.3. The zero-order valence-electron chi connectivity index (χ0n) is 16.2. The Morgan fingerprint density at radius 3 is 1.96 bits per heavy atom. The normalized spacial score (nSPS) is 10.2. The van der Waals surface area contributed by atoms with E-state index in [2.05, 4.69) is 34.9 Å². The number of amides is 1. The minimum Gasteiger partial charge on any atom is -0.349 e. The number of nitrogens with one attached hydrogen (secondary N) is 3. The molecule has 0 saturated heterocycles.